The first-order valence-corrected chi connectivity index (χ1v) is 17.5. The first-order chi connectivity index (χ1) is 25.6. The summed E-state index contributed by atoms with van der Waals surface area (Å²) in [7, 11) is 0. The lowest BCUT2D eigenvalue weighted by Gasteiger charge is -2.50. The van der Waals surface area contributed by atoms with Crippen LogP contribution in [0.3, 0.4) is 0 Å². The lowest BCUT2D eigenvalue weighted by atomic mass is 9.56. The van der Waals surface area contributed by atoms with Crippen LogP contribution in [0.4, 0.5) is 44.7 Å². The summed E-state index contributed by atoms with van der Waals surface area (Å²) >= 11 is 20.5. The van der Waals surface area contributed by atoms with Crippen molar-refractivity contribution in [1.82, 2.24) is 0 Å². The highest BCUT2D eigenvalue weighted by atomic mass is 35.5. The number of allylic oxidation sites excluding steroid dienone is 2. The number of rotatable bonds is 5. The molecule has 16 heteroatoms. The molecule has 2 aliphatic carbocycles. The number of amides is 4. The van der Waals surface area contributed by atoms with Crippen molar-refractivity contribution < 1.29 is 46.2 Å². The zero-order chi connectivity index (χ0) is 38.6. The van der Waals surface area contributed by atoms with Gasteiger partial charge < -0.3 is 10.4 Å². The van der Waals surface area contributed by atoms with Crippen LogP contribution in [-0.4, -0.2) is 38.5 Å². The van der Waals surface area contributed by atoms with Crippen molar-refractivity contribution >= 4 is 81.2 Å². The van der Waals surface area contributed by atoms with Crippen LogP contribution in [0.1, 0.15) is 24.3 Å². The summed E-state index contributed by atoms with van der Waals surface area (Å²) in [5.74, 6) is -22.5. The van der Waals surface area contributed by atoms with Crippen molar-refractivity contribution in [3.8, 4) is 5.75 Å². The number of carbonyl (C=O) groups excluding carboxylic acids is 4. The minimum Gasteiger partial charge on any atom is -0.508 e. The molecule has 8 nitrogen and oxygen atoms in total. The molecule has 4 amide bonds. The fourth-order valence-corrected chi connectivity index (χ4v) is 9.41. The van der Waals surface area contributed by atoms with E-state index in [0.29, 0.717) is 5.69 Å². The Morgan fingerprint density at radius 2 is 1.33 bits per heavy atom. The third-order valence-electron chi connectivity index (χ3n) is 10.7. The SMILES string of the molecule is O=C1C2CC=C3C(CC4(Cl)C(=O)N(c5c(F)c(F)c(F)c(F)c5F)C(=O)C4(Cl)C3c3cc(Cl)ccc3O)C2C(=O)N1c1ccc(Nc2ccccc2)cc1. The average molecular weight is 803 g/mol. The summed E-state index contributed by atoms with van der Waals surface area (Å²) in [5, 5.41) is 14.3. The zero-order valence-corrected chi connectivity index (χ0v) is 29.5. The topological polar surface area (TPSA) is 107 Å². The largest absolute Gasteiger partial charge is 0.508 e. The summed E-state index contributed by atoms with van der Waals surface area (Å²) in [5.41, 5.74) is -0.227. The minimum atomic E-state index is -2.80. The van der Waals surface area contributed by atoms with E-state index in [9.17, 15) is 37.5 Å². The number of halogens is 8. The van der Waals surface area contributed by atoms with Gasteiger partial charge in [-0.1, -0.05) is 41.4 Å². The summed E-state index contributed by atoms with van der Waals surface area (Å²) in [6.07, 6.45) is 0.763. The molecule has 0 spiro atoms. The highest BCUT2D eigenvalue weighted by Crippen LogP contribution is 2.67. The van der Waals surface area contributed by atoms with E-state index in [4.69, 9.17) is 34.8 Å². The van der Waals surface area contributed by atoms with E-state index in [-0.39, 0.29) is 33.2 Å². The second-order valence-corrected chi connectivity index (χ2v) is 15.1. The molecule has 2 saturated heterocycles. The predicted octanol–water partition coefficient (Wildman–Crippen LogP) is 8.25. The molecule has 4 aliphatic rings. The number of hydrogen-bond donors (Lipinski definition) is 2. The van der Waals surface area contributed by atoms with Gasteiger partial charge in [0.15, 0.2) is 33.0 Å². The maximum absolute atomic E-state index is 15.3. The molecular formula is C38H23Cl3F5N3O5. The molecule has 4 aromatic carbocycles. The molecule has 0 radical (unpaired) electrons. The summed E-state index contributed by atoms with van der Waals surface area (Å²) in [6, 6.07) is 19.3. The van der Waals surface area contributed by atoms with Gasteiger partial charge in [-0.3, -0.25) is 24.1 Å². The van der Waals surface area contributed by atoms with Gasteiger partial charge in [-0.15, -0.1) is 23.2 Å². The second kappa shape index (κ2) is 12.5. The maximum atomic E-state index is 15.3. The van der Waals surface area contributed by atoms with E-state index >= 15 is 8.78 Å². The van der Waals surface area contributed by atoms with Gasteiger partial charge in [-0.2, -0.15) is 0 Å². The third-order valence-corrected chi connectivity index (χ3v) is 12.4. The van der Waals surface area contributed by atoms with Crippen LogP contribution in [0.25, 0.3) is 0 Å². The number of alkyl halides is 2. The van der Waals surface area contributed by atoms with Crippen molar-refractivity contribution in [3.63, 3.8) is 0 Å². The molecule has 1 saturated carbocycles. The average Bonchev–Trinajstić information content (AvgIpc) is 3.49. The number of aromatic hydroxyl groups is 1. The van der Waals surface area contributed by atoms with Crippen molar-refractivity contribution in [2.75, 3.05) is 15.1 Å². The fraction of sp³-hybridized carbons (Fsp3) is 0.211. The van der Waals surface area contributed by atoms with E-state index < -0.39 is 104 Å². The monoisotopic (exact) mass is 801 g/mol. The van der Waals surface area contributed by atoms with Crippen LogP contribution < -0.4 is 15.1 Å². The molecule has 8 rings (SSSR count). The van der Waals surface area contributed by atoms with Crippen LogP contribution in [0, 0.1) is 46.8 Å². The van der Waals surface area contributed by atoms with Gasteiger partial charge in [0.1, 0.15) is 11.4 Å². The number of nitrogens with one attached hydrogen (secondary N) is 1. The Bertz CT molecular complexity index is 2340. The van der Waals surface area contributed by atoms with E-state index in [1.807, 2.05) is 30.3 Å². The minimum absolute atomic E-state index is 0.0107. The number of phenols is 1. The van der Waals surface area contributed by atoms with Crippen molar-refractivity contribution in [3.05, 3.63) is 124 Å². The van der Waals surface area contributed by atoms with E-state index in [1.165, 1.54) is 18.2 Å². The first-order valence-electron chi connectivity index (χ1n) is 16.4. The number of phenolic OH excluding ortho intramolecular Hbond substituents is 1. The Kier molecular flexibility index (Phi) is 8.36. The number of fused-ring (bicyclic) bond motifs is 4. The Morgan fingerprint density at radius 1 is 0.722 bits per heavy atom. The molecule has 2 aliphatic heterocycles. The molecule has 54 heavy (non-hydrogen) atoms. The highest BCUT2D eigenvalue weighted by molar-refractivity contribution is 6.58. The molecule has 4 aromatic rings. The molecular weight excluding hydrogens is 780 g/mol. The van der Waals surface area contributed by atoms with Gasteiger partial charge in [0.2, 0.25) is 17.6 Å². The van der Waals surface area contributed by atoms with Crippen molar-refractivity contribution in [2.24, 2.45) is 17.8 Å². The van der Waals surface area contributed by atoms with Gasteiger partial charge >= 0.3 is 0 Å². The van der Waals surface area contributed by atoms with Crippen LogP contribution in [0.15, 0.2) is 84.4 Å². The Morgan fingerprint density at radius 3 is 1.98 bits per heavy atom. The smallest absolute Gasteiger partial charge is 0.258 e. The van der Waals surface area contributed by atoms with Crippen LogP contribution in [-0.2, 0) is 19.2 Å². The Labute approximate surface area is 317 Å². The third kappa shape index (κ3) is 4.87. The van der Waals surface area contributed by atoms with E-state index in [2.05, 4.69) is 5.32 Å². The number of para-hydroxylation sites is 1. The van der Waals surface area contributed by atoms with Gasteiger partial charge in [0.05, 0.1) is 17.5 Å². The summed E-state index contributed by atoms with van der Waals surface area (Å²) in [6.45, 7) is 0. The molecule has 0 aromatic heterocycles. The van der Waals surface area contributed by atoms with Crippen molar-refractivity contribution in [2.45, 2.75) is 28.5 Å². The molecule has 0 bridgehead atoms. The number of anilines is 4. The second-order valence-electron chi connectivity index (χ2n) is 13.4. The molecule has 6 atom stereocenters. The fourth-order valence-electron chi connectivity index (χ4n) is 8.31. The normalized spacial score (nSPS) is 27.5. The predicted molar refractivity (Wildman–Crippen MR) is 188 cm³/mol. The number of imide groups is 2. The number of carbonyl (C=O) groups is 4. The zero-order valence-electron chi connectivity index (χ0n) is 27.2. The van der Waals surface area contributed by atoms with Gasteiger partial charge in [-0.05, 0) is 73.4 Å². The van der Waals surface area contributed by atoms with E-state index in [1.54, 1.807) is 24.3 Å². The molecule has 276 valence electrons. The standard InChI is InChI=1S/C38H23Cl3F5N3O5/c39-16-6-13-24(50)22(14-16)26-20-11-12-21-25(34(52)48(33(21)51)19-9-7-18(8-10-19)47-17-4-2-1-3-5-17)23(20)15-37(40)35(53)49(36(54)38(26,37)41)32-30(45)28(43)27(42)29(44)31(32)46/h1-11,13-14,21,23,25-26,47,50H,12,15H2. The quantitative estimate of drug-likeness (QED) is 0.0526. The van der Waals surface area contributed by atoms with Crippen LogP contribution >= 0.6 is 34.8 Å². The first kappa shape index (κ1) is 36.0. The van der Waals surface area contributed by atoms with Gasteiger partial charge in [0.25, 0.3) is 11.8 Å². The highest BCUT2D eigenvalue weighted by Gasteiger charge is 2.77. The van der Waals surface area contributed by atoms with Crippen molar-refractivity contribution in [1.29, 1.82) is 0 Å². The molecule has 3 fully saturated rings. The number of nitrogens with zero attached hydrogens (tertiary/aromatic N) is 2. The lowest BCUT2D eigenvalue weighted by Crippen LogP contribution is -2.60. The number of benzene rings is 4. The summed E-state index contributed by atoms with van der Waals surface area (Å²) < 4.78 is 73.5. The number of hydrogen-bond acceptors (Lipinski definition) is 6. The van der Waals surface area contributed by atoms with Gasteiger partial charge in [-0.25, -0.2) is 26.9 Å². The summed E-state index contributed by atoms with van der Waals surface area (Å²) in [4.78, 5) is 52.3. The van der Waals surface area contributed by atoms with Crippen LogP contribution in [0.5, 0.6) is 5.75 Å². The molecule has 2 N–H and O–H groups in total. The lowest BCUT2D eigenvalue weighted by molar-refractivity contribution is -0.125. The Hall–Kier alpha value is -4.98. The van der Waals surface area contributed by atoms with E-state index in [0.717, 1.165) is 16.7 Å². The Balaban J connectivity index is 1.24. The van der Waals surface area contributed by atoms with Gasteiger partial charge in [0, 0.05) is 27.9 Å². The maximum Gasteiger partial charge on any atom is 0.258 e. The van der Waals surface area contributed by atoms with Crippen LogP contribution in [0.2, 0.25) is 5.02 Å². The molecule has 6 unspecified atom stereocenters. The molecule has 2 heterocycles.